The molecule has 0 spiro atoms. The van der Waals surface area contributed by atoms with Gasteiger partial charge in [0.05, 0.1) is 12.0 Å². The Bertz CT molecular complexity index is 719. The second kappa shape index (κ2) is 6.47. The quantitative estimate of drug-likeness (QED) is 0.432. The van der Waals surface area contributed by atoms with E-state index in [2.05, 4.69) is 37.9 Å². The lowest BCUT2D eigenvalue weighted by molar-refractivity contribution is -0.137. The van der Waals surface area contributed by atoms with Crippen molar-refractivity contribution < 1.29 is 26.3 Å². The number of hydrogen-bond acceptors (Lipinski definition) is 0. The lowest BCUT2D eigenvalue weighted by atomic mass is 9.99. The van der Waals surface area contributed by atoms with E-state index in [0.717, 1.165) is 18.2 Å². The summed E-state index contributed by atoms with van der Waals surface area (Å²) in [6.45, 7) is 0. The molecular formula is C15H7Br2F6. The van der Waals surface area contributed by atoms with Gasteiger partial charge in [0.1, 0.15) is 0 Å². The molecule has 0 aliphatic carbocycles. The highest BCUT2D eigenvalue weighted by atomic mass is 79.9. The van der Waals surface area contributed by atoms with E-state index in [-0.39, 0.29) is 21.2 Å². The van der Waals surface area contributed by atoms with Crippen LogP contribution in [0.1, 0.15) is 11.1 Å². The molecule has 0 saturated heterocycles. The average molecular weight is 461 g/mol. The van der Waals surface area contributed by atoms with Crippen LogP contribution in [0, 0.1) is 6.07 Å². The Morgan fingerprint density at radius 1 is 0.913 bits per heavy atom. The van der Waals surface area contributed by atoms with E-state index in [1.807, 2.05) is 0 Å². The zero-order valence-corrected chi connectivity index (χ0v) is 14.3. The van der Waals surface area contributed by atoms with Gasteiger partial charge in [-0.2, -0.15) is 26.3 Å². The Labute approximate surface area is 144 Å². The van der Waals surface area contributed by atoms with E-state index in [4.69, 9.17) is 0 Å². The maximum atomic E-state index is 12.8. The minimum Gasteiger partial charge on any atom is -0.171 e. The van der Waals surface area contributed by atoms with Crippen LogP contribution >= 0.6 is 31.9 Å². The van der Waals surface area contributed by atoms with Gasteiger partial charge in [0.25, 0.3) is 0 Å². The van der Waals surface area contributed by atoms with E-state index in [0.29, 0.717) is 4.47 Å². The van der Waals surface area contributed by atoms with Crippen molar-refractivity contribution in [2.75, 3.05) is 0 Å². The molecule has 1 radical (unpaired) electrons. The van der Waals surface area contributed by atoms with Crippen molar-refractivity contribution >= 4 is 31.9 Å². The number of halogens is 8. The van der Waals surface area contributed by atoms with Gasteiger partial charge in [-0.3, -0.25) is 0 Å². The summed E-state index contributed by atoms with van der Waals surface area (Å²) in [5.74, 6) is 0. The molecule has 123 valence electrons. The summed E-state index contributed by atoms with van der Waals surface area (Å²) < 4.78 is 76.6. The summed E-state index contributed by atoms with van der Waals surface area (Å²) in [5.41, 5.74) is -0.638. The maximum Gasteiger partial charge on any atom is 0.416 e. The largest absolute Gasteiger partial charge is 0.416 e. The Morgan fingerprint density at radius 2 is 1.57 bits per heavy atom. The van der Waals surface area contributed by atoms with Gasteiger partial charge in [-0.25, -0.2) is 0 Å². The fourth-order valence-corrected chi connectivity index (χ4v) is 2.86. The van der Waals surface area contributed by atoms with Crippen LogP contribution in [-0.4, -0.2) is 6.18 Å². The van der Waals surface area contributed by atoms with Gasteiger partial charge in [0.2, 0.25) is 0 Å². The molecule has 0 N–H and O–H groups in total. The molecule has 0 bridgehead atoms. The average Bonchev–Trinajstić information content (AvgIpc) is 2.39. The third kappa shape index (κ3) is 4.73. The molecule has 23 heavy (non-hydrogen) atoms. The molecule has 2 rings (SSSR count). The lowest BCUT2D eigenvalue weighted by Gasteiger charge is -2.14. The molecule has 0 aliphatic heterocycles. The number of alkyl halides is 6. The van der Waals surface area contributed by atoms with Crippen molar-refractivity contribution in [3.63, 3.8) is 0 Å². The minimum atomic E-state index is -4.55. The van der Waals surface area contributed by atoms with Crippen molar-refractivity contribution in [1.29, 1.82) is 0 Å². The predicted octanol–water partition coefficient (Wildman–Crippen LogP) is 6.80. The summed E-state index contributed by atoms with van der Waals surface area (Å²) >= 11 is 6.25. The first-order chi connectivity index (χ1) is 10.5. The van der Waals surface area contributed by atoms with Crippen LogP contribution in [0.2, 0.25) is 0 Å². The van der Waals surface area contributed by atoms with Crippen LogP contribution in [0.25, 0.3) is 11.1 Å². The van der Waals surface area contributed by atoms with Crippen LogP contribution in [0.5, 0.6) is 0 Å². The highest BCUT2D eigenvalue weighted by Gasteiger charge is 2.31. The van der Waals surface area contributed by atoms with Gasteiger partial charge in [0, 0.05) is 8.95 Å². The number of benzene rings is 2. The zero-order chi connectivity index (χ0) is 17.4. The normalized spacial score (nSPS) is 12.5. The minimum absolute atomic E-state index is 0.0833. The standard InChI is InChI=1S/C15H7Br2F6/c16-12-3-1-8(7-14(18,19)20)5-10(12)11-6-9(15(21,22)23)2-4-13(11)17/h1-2,4-6H,7H2. The molecule has 0 aromatic heterocycles. The fourth-order valence-electron chi connectivity index (χ4n) is 1.96. The third-order valence-corrected chi connectivity index (χ3v) is 4.29. The number of hydrogen-bond donors (Lipinski definition) is 0. The molecular weight excluding hydrogens is 454 g/mol. The third-order valence-electron chi connectivity index (χ3n) is 2.94. The van der Waals surface area contributed by atoms with Crippen molar-refractivity contribution in [3.8, 4) is 11.1 Å². The Kier molecular flexibility index (Phi) is 5.15. The van der Waals surface area contributed by atoms with Gasteiger partial charge in [-0.05, 0) is 69.0 Å². The van der Waals surface area contributed by atoms with Crippen molar-refractivity contribution in [2.45, 2.75) is 18.8 Å². The van der Waals surface area contributed by atoms with Crippen LogP contribution in [-0.2, 0) is 12.6 Å². The van der Waals surface area contributed by atoms with Gasteiger partial charge in [-0.1, -0.05) is 15.9 Å². The van der Waals surface area contributed by atoms with E-state index in [1.54, 1.807) is 0 Å². The van der Waals surface area contributed by atoms with Gasteiger partial charge < -0.3 is 0 Å². The van der Waals surface area contributed by atoms with E-state index >= 15 is 0 Å². The van der Waals surface area contributed by atoms with Crippen LogP contribution in [0.4, 0.5) is 26.3 Å². The van der Waals surface area contributed by atoms with Gasteiger partial charge in [0.15, 0.2) is 0 Å². The molecule has 0 amide bonds. The summed E-state index contributed by atoms with van der Waals surface area (Å²) in [5, 5.41) is 0. The highest BCUT2D eigenvalue weighted by Crippen LogP contribution is 2.39. The Balaban J connectivity index is 2.55. The molecule has 0 heterocycles. The molecule has 0 unspecified atom stereocenters. The van der Waals surface area contributed by atoms with Crippen LogP contribution in [0.3, 0.4) is 0 Å². The van der Waals surface area contributed by atoms with E-state index in [1.165, 1.54) is 12.1 Å². The second-order valence-corrected chi connectivity index (χ2v) is 6.37. The maximum absolute atomic E-state index is 12.8. The lowest BCUT2D eigenvalue weighted by Crippen LogP contribution is -2.11. The topological polar surface area (TPSA) is 0 Å². The molecule has 0 atom stereocenters. The molecule has 2 aromatic carbocycles. The summed E-state index contributed by atoms with van der Waals surface area (Å²) in [7, 11) is 0. The summed E-state index contributed by atoms with van der Waals surface area (Å²) in [6, 6.07) is 7.93. The SMILES string of the molecule is FC(F)(F)Cc1c[c]c(Br)c(-c2cc(C(F)(F)F)ccc2Br)c1. The first-order valence-corrected chi connectivity index (χ1v) is 7.70. The first-order valence-electron chi connectivity index (χ1n) is 6.11. The molecule has 2 aromatic rings. The van der Waals surface area contributed by atoms with Crippen LogP contribution in [0.15, 0.2) is 39.3 Å². The summed E-state index contributed by atoms with van der Waals surface area (Å²) in [6.07, 6.45) is -10.1. The molecule has 0 saturated carbocycles. The fraction of sp³-hybridized carbons (Fsp3) is 0.200. The molecule has 0 fully saturated rings. The predicted molar refractivity (Wildman–Crippen MR) is 80.9 cm³/mol. The molecule has 0 nitrogen and oxygen atoms in total. The van der Waals surface area contributed by atoms with Crippen molar-refractivity contribution in [2.24, 2.45) is 0 Å². The van der Waals surface area contributed by atoms with Crippen molar-refractivity contribution in [3.05, 3.63) is 56.5 Å². The zero-order valence-electron chi connectivity index (χ0n) is 11.1. The smallest absolute Gasteiger partial charge is 0.171 e. The Hall–Kier alpha value is -1.02. The summed E-state index contributed by atoms with van der Waals surface area (Å²) in [4.78, 5) is 0. The van der Waals surface area contributed by atoms with Gasteiger partial charge in [-0.15, -0.1) is 0 Å². The van der Waals surface area contributed by atoms with Crippen molar-refractivity contribution in [1.82, 2.24) is 0 Å². The van der Waals surface area contributed by atoms with E-state index < -0.39 is 24.3 Å². The molecule has 8 heteroatoms. The highest BCUT2D eigenvalue weighted by molar-refractivity contribution is 9.11. The monoisotopic (exact) mass is 459 g/mol. The molecule has 0 aliphatic rings. The number of rotatable bonds is 2. The first kappa shape index (κ1) is 18.3. The Morgan fingerprint density at radius 3 is 2.13 bits per heavy atom. The van der Waals surface area contributed by atoms with Gasteiger partial charge >= 0.3 is 12.4 Å². The second-order valence-electron chi connectivity index (χ2n) is 4.72. The van der Waals surface area contributed by atoms with E-state index in [9.17, 15) is 26.3 Å². The van der Waals surface area contributed by atoms with Crippen LogP contribution < -0.4 is 0 Å².